The van der Waals surface area contributed by atoms with Gasteiger partial charge < -0.3 is 9.47 Å². The molecular formula is C13H14O4. The predicted octanol–water partition coefficient (Wildman–Crippen LogP) is 2.34. The summed E-state index contributed by atoms with van der Waals surface area (Å²) in [7, 11) is 0. The lowest BCUT2D eigenvalue weighted by Gasteiger charge is -2.16. The van der Waals surface area contributed by atoms with Gasteiger partial charge in [0.05, 0.1) is 5.56 Å². The van der Waals surface area contributed by atoms with Crippen molar-refractivity contribution >= 4 is 12.3 Å². The first-order valence-electron chi connectivity index (χ1n) is 5.18. The van der Waals surface area contributed by atoms with E-state index in [0.29, 0.717) is 17.6 Å². The zero-order valence-corrected chi connectivity index (χ0v) is 9.75. The lowest BCUT2D eigenvalue weighted by atomic mass is 10.2. The highest BCUT2D eigenvalue weighted by Crippen LogP contribution is 2.18. The molecule has 0 fully saturated rings. The number of allylic oxidation sites excluding steroid dienone is 1. The van der Waals surface area contributed by atoms with Crippen molar-refractivity contribution in [2.45, 2.75) is 20.1 Å². The summed E-state index contributed by atoms with van der Waals surface area (Å²) >= 11 is 0. The first kappa shape index (κ1) is 13.0. The molecule has 0 aliphatic carbocycles. The van der Waals surface area contributed by atoms with E-state index < -0.39 is 12.3 Å². The predicted molar refractivity (Wildman–Crippen MR) is 62.8 cm³/mol. The molecule has 0 spiro atoms. The third-order valence-electron chi connectivity index (χ3n) is 1.92. The van der Waals surface area contributed by atoms with Crippen LogP contribution in [-0.2, 0) is 9.53 Å². The van der Waals surface area contributed by atoms with Crippen LogP contribution in [0.25, 0.3) is 0 Å². The Labute approximate surface area is 99.8 Å². The van der Waals surface area contributed by atoms with Crippen LogP contribution in [0.4, 0.5) is 0 Å². The van der Waals surface area contributed by atoms with Crippen molar-refractivity contribution in [1.82, 2.24) is 0 Å². The molecule has 0 amide bonds. The molecule has 4 heteroatoms. The number of ether oxygens (including phenoxy) is 2. The highest BCUT2D eigenvalue weighted by atomic mass is 16.7. The molecule has 4 nitrogen and oxygen atoms in total. The quantitative estimate of drug-likeness (QED) is 0.339. The van der Waals surface area contributed by atoms with E-state index in [1.54, 1.807) is 43.3 Å². The number of hydrogen-bond donors (Lipinski definition) is 0. The van der Waals surface area contributed by atoms with E-state index >= 15 is 0 Å². The fourth-order valence-corrected chi connectivity index (χ4v) is 1.23. The summed E-state index contributed by atoms with van der Waals surface area (Å²) in [6, 6.07) is 6.74. The Morgan fingerprint density at radius 2 is 2.06 bits per heavy atom. The van der Waals surface area contributed by atoms with Gasteiger partial charge in [-0.05, 0) is 25.1 Å². The van der Waals surface area contributed by atoms with E-state index in [0.717, 1.165) is 0 Å². The Kier molecular flexibility index (Phi) is 4.94. The van der Waals surface area contributed by atoms with Crippen molar-refractivity contribution < 1.29 is 19.1 Å². The van der Waals surface area contributed by atoms with Crippen LogP contribution in [0, 0.1) is 0 Å². The van der Waals surface area contributed by atoms with Crippen LogP contribution in [0.1, 0.15) is 24.2 Å². The number of carbonyl (C=O) groups is 2. The Morgan fingerprint density at radius 3 is 2.65 bits per heavy atom. The maximum atomic E-state index is 10.9. The van der Waals surface area contributed by atoms with E-state index in [1.165, 1.54) is 6.92 Å². The molecule has 0 aliphatic heterocycles. The van der Waals surface area contributed by atoms with E-state index in [4.69, 9.17) is 9.47 Å². The Bertz CT molecular complexity index is 423. The van der Waals surface area contributed by atoms with Gasteiger partial charge >= 0.3 is 5.97 Å². The largest absolute Gasteiger partial charge is 0.450 e. The van der Waals surface area contributed by atoms with Gasteiger partial charge in [-0.15, -0.1) is 0 Å². The van der Waals surface area contributed by atoms with Crippen LogP contribution in [0.5, 0.6) is 5.75 Å². The third kappa shape index (κ3) is 4.10. The molecule has 90 valence electrons. The summed E-state index contributed by atoms with van der Waals surface area (Å²) in [6.45, 7) is 3.08. The Morgan fingerprint density at radius 1 is 1.35 bits per heavy atom. The summed E-state index contributed by atoms with van der Waals surface area (Å²) in [4.78, 5) is 21.7. The zero-order chi connectivity index (χ0) is 12.7. The molecule has 1 rings (SSSR count). The fourth-order valence-electron chi connectivity index (χ4n) is 1.23. The third-order valence-corrected chi connectivity index (χ3v) is 1.92. The SMILES string of the molecule is C/C=C/C(OC(C)=O)Oc1ccccc1C=O. The lowest BCUT2D eigenvalue weighted by Crippen LogP contribution is -2.21. The molecule has 1 aromatic carbocycles. The van der Waals surface area contributed by atoms with Crippen molar-refractivity contribution in [2.24, 2.45) is 0 Å². The van der Waals surface area contributed by atoms with Crippen molar-refractivity contribution in [3.8, 4) is 5.75 Å². The molecule has 17 heavy (non-hydrogen) atoms. The maximum absolute atomic E-state index is 10.9. The van der Waals surface area contributed by atoms with Crippen LogP contribution in [0.15, 0.2) is 36.4 Å². The number of carbonyl (C=O) groups excluding carboxylic acids is 2. The minimum atomic E-state index is -0.821. The van der Waals surface area contributed by atoms with Crippen LogP contribution >= 0.6 is 0 Å². The lowest BCUT2D eigenvalue weighted by molar-refractivity contribution is -0.155. The smallest absolute Gasteiger partial charge is 0.305 e. The Hall–Kier alpha value is -2.10. The molecule has 0 aliphatic rings. The summed E-state index contributed by atoms with van der Waals surface area (Å²) in [5, 5.41) is 0. The van der Waals surface area contributed by atoms with Gasteiger partial charge in [0.2, 0.25) is 0 Å². The minimum Gasteiger partial charge on any atom is -0.450 e. The second-order valence-corrected chi connectivity index (χ2v) is 3.28. The van der Waals surface area contributed by atoms with Gasteiger partial charge in [0.1, 0.15) is 5.75 Å². The number of aldehydes is 1. The number of para-hydroxylation sites is 1. The van der Waals surface area contributed by atoms with E-state index in [9.17, 15) is 9.59 Å². The number of esters is 1. The number of rotatable bonds is 5. The molecule has 0 saturated heterocycles. The van der Waals surface area contributed by atoms with Gasteiger partial charge in [0.25, 0.3) is 6.29 Å². The van der Waals surface area contributed by atoms with Crippen molar-refractivity contribution in [1.29, 1.82) is 0 Å². The molecule has 0 saturated carbocycles. The van der Waals surface area contributed by atoms with Gasteiger partial charge in [0.15, 0.2) is 6.29 Å². The first-order chi connectivity index (χ1) is 8.17. The Balaban J connectivity index is 2.85. The topological polar surface area (TPSA) is 52.6 Å². The van der Waals surface area contributed by atoms with E-state index in [1.807, 2.05) is 0 Å². The molecule has 0 heterocycles. The number of hydrogen-bond acceptors (Lipinski definition) is 4. The van der Waals surface area contributed by atoms with Gasteiger partial charge in [-0.1, -0.05) is 18.2 Å². The second kappa shape index (κ2) is 6.48. The highest BCUT2D eigenvalue weighted by molar-refractivity contribution is 5.79. The molecule has 0 aromatic heterocycles. The molecular weight excluding hydrogens is 220 g/mol. The summed E-state index contributed by atoms with van der Waals surface area (Å²) in [6.07, 6.45) is 3.16. The average molecular weight is 234 g/mol. The normalized spacial score (nSPS) is 12.1. The molecule has 0 bridgehead atoms. The van der Waals surface area contributed by atoms with Crippen molar-refractivity contribution in [3.05, 3.63) is 42.0 Å². The fraction of sp³-hybridized carbons (Fsp3) is 0.231. The van der Waals surface area contributed by atoms with Crippen LogP contribution in [0.3, 0.4) is 0 Å². The molecule has 1 atom stereocenters. The summed E-state index contributed by atoms with van der Waals surface area (Å²) in [5.74, 6) is -0.0662. The summed E-state index contributed by atoms with van der Waals surface area (Å²) in [5.41, 5.74) is 0.411. The first-order valence-corrected chi connectivity index (χ1v) is 5.18. The van der Waals surface area contributed by atoms with Gasteiger partial charge in [-0.2, -0.15) is 0 Å². The van der Waals surface area contributed by atoms with Crippen LogP contribution < -0.4 is 4.74 Å². The molecule has 0 N–H and O–H groups in total. The maximum Gasteiger partial charge on any atom is 0.305 e. The van der Waals surface area contributed by atoms with E-state index in [-0.39, 0.29) is 0 Å². The second-order valence-electron chi connectivity index (χ2n) is 3.28. The number of benzene rings is 1. The van der Waals surface area contributed by atoms with Gasteiger partial charge in [-0.3, -0.25) is 9.59 Å². The molecule has 1 aromatic rings. The zero-order valence-electron chi connectivity index (χ0n) is 9.75. The monoisotopic (exact) mass is 234 g/mol. The van der Waals surface area contributed by atoms with Crippen molar-refractivity contribution in [3.63, 3.8) is 0 Å². The average Bonchev–Trinajstić information content (AvgIpc) is 2.29. The van der Waals surface area contributed by atoms with Crippen LogP contribution in [-0.4, -0.2) is 18.5 Å². The van der Waals surface area contributed by atoms with E-state index in [2.05, 4.69) is 0 Å². The highest BCUT2D eigenvalue weighted by Gasteiger charge is 2.11. The van der Waals surface area contributed by atoms with Gasteiger partial charge in [0, 0.05) is 6.92 Å². The van der Waals surface area contributed by atoms with Crippen LogP contribution in [0.2, 0.25) is 0 Å². The summed E-state index contributed by atoms with van der Waals surface area (Å²) < 4.78 is 10.4. The minimum absolute atomic E-state index is 0.381. The molecule has 1 unspecified atom stereocenters. The molecule has 0 radical (unpaired) electrons. The van der Waals surface area contributed by atoms with Crippen molar-refractivity contribution in [2.75, 3.05) is 0 Å². The van der Waals surface area contributed by atoms with Gasteiger partial charge in [-0.25, -0.2) is 0 Å². The standard InChI is InChI=1S/C13H14O4/c1-3-6-13(16-10(2)15)17-12-8-5-4-7-11(12)9-14/h3-9,13H,1-2H3/b6-3+.